The Morgan fingerprint density at radius 2 is 1.94 bits per heavy atom. The summed E-state index contributed by atoms with van der Waals surface area (Å²) in [5.74, 6) is -1.30. The van der Waals surface area contributed by atoms with Crippen LogP contribution in [0.3, 0.4) is 0 Å². The van der Waals surface area contributed by atoms with E-state index in [1.54, 1.807) is 12.1 Å². The quantitative estimate of drug-likeness (QED) is 0.484. The van der Waals surface area contributed by atoms with Crippen molar-refractivity contribution >= 4 is 46.3 Å². The molecule has 0 aliphatic carbocycles. The second-order valence-electron chi connectivity index (χ2n) is 10.2. The van der Waals surface area contributed by atoms with Gasteiger partial charge in [0.2, 0.25) is 5.91 Å². The van der Waals surface area contributed by atoms with Crippen molar-refractivity contribution in [2.75, 3.05) is 23.3 Å². The lowest BCUT2D eigenvalue weighted by atomic mass is 9.79. The fourth-order valence-corrected chi connectivity index (χ4v) is 6.12. The highest BCUT2D eigenvalue weighted by atomic mass is 32.2. The van der Waals surface area contributed by atoms with Crippen LogP contribution in [0.4, 0.5) is 20.6 Å². The predicted molar refractivity (Wildman–Crippen MR) is 144 cm³/mol. The summed E-state index contributed by atoms with van der Waals surface area (Å²) in [5, 5.41) is 2.21. The van der Waals surface area contributed by atoms with E-state index in [2.05, 4.69) is 37.9 Å². The van der Waals surface area contributed by atoms with E-state index in [-0.39, 0.29) is 21.9 Å². The second-order valence-corrected chi connectivity index (χ2v) is 11.2. The molecule has 1 fully saturated rings. The number of hydrogen-bond donors (Lipinski definition) is 1. The smallest absolute Gasteiger partial charge is 0.294 e. The first-order chi connectivity index (χ1) is 16.9. The third kappa shape index (κ3) is 4.91. The second kappa shape index (κ2) is 9.73. The van der Waals surface area contributed by atoms with E-state index in [9.17, 15) is 14.4 Å². The zero-order valence-electron chi connectivity index (χ0n) is 21.6. The fourth-order valence-electron chi connectivity index (χ4n) is 5.29. The van der Waals surface area contributed by atoms with Gasteiger partial charge in [-0.05, 0) is 94.1 Å². The number of imide groups is 1. The van der Waals surface area contributed by atoms with Crippen LogP contribution >= 0.6 is 11.8 Å². The molecule has 1 N–H and O–H groups in total. The van der Waals surface area contributed by atoms with Crippen molar-refractivity contribution in [3.05, 3.63) is 63.3 Å². The Balaban J connectivity index is 1.55. The van der Waals surface area contributed by atoms with Gasteiger partial charge in [-0.2, -0.15) is 0 Å². The molecule has 8 heteroatoms. The van der Waals surface area contributed by atoms with Crippen molar-refractivity contribution in [1.82, 2.24) is 4.90 Å². The molecule has 36 heavy (non-hydrogen) atoms. The first kappa shape index (κ1) is 25.9. The van der Waals surface area contributed by atoms with Crippen molar-refractivity contribution in [2.24, 2.45) is 0 Å². The van der Waals surface area contributed by atoms with Gasteiger partial charge in [0.1, 0.15) is 12.4 Å². The molecular weight excluding hydrogens is 477 g/mol. The molecule has 3 amide bonds. The molecule has 1 saturated heterocycles. The van der Waals surface area contributed by atoms with Gasteiger partial charge in [0, 0.05) is 29.0 Å². The number of nitrogens with zero attached hydrogens (tertiary/aromatic N) is 2. The number of carbonyl (C=O) groups excluding carboxylic acids is 3. The number of amides is 3. The molecule has 0 spiro atoms. The van der Waals surface area contributed by atoms with Gasteiger partial charge in [-0.3, -0.25) is 19.3 Å². The number of nitrogens with one attached hydrogen (secondary N) is 1. The number of benzene rings is 2. The SMILES string of the molecule is CCN1c2cc(F)c(/C=C3/SC(=O)N(CC(=O)Nc4ccc(C)cc4C)C3=O)cc2C(C)CC1(C)C. The van der Waals surface area contributed by atoms with Gasteiger partial charge in [0.15, 0.2) is 0 Å². The van der Waals surface area contributed by atoms with Crippen LogP contribution in [0.1, 0.15) is 62.3 Å². The minimum Gasteiger partial charge on any atom is -0.366 e. The Morgan fingerprint density at radius 3 is 2.61 bits per heavy atom. The van der Waals surface area contributed by atoms with Gasteiger partial charge >= 0.3 is 0 Å². The average molecular weight is 510 g/mol. The lowest BCUT2D eigenvalue weighted by Crippen LogP contribution is -2.48. The van der Waals surface area contributed by atoms with Crippen LogP contribution in [-0.2, 0) is 9.59 Å². The number of anilines is 2. The lowest BCUT2D eigenvalue weighted by Gasteiger charge is -2.47. The summed E-state index contributed by atoms with van der Waals surface area (Å²) in [7, 11) is 0. The molecule has 2 aromatic carbocycles. The minimum atomic E-state index is -0.595. The zero-order chi connectivity index (χ0) is 26.4. The van der Waals surface area contributed by atoms with Gasteiger partial charge in [0.25, 0.3) is 11.1 Å². The average Bonchev–Trinajstić information content (AvgIpc) is 3.04. The molecule has 2 heterocycles. The maximum atomic E-state index is 15.2. The maximum Gasteiger partial charge on any atom is 0.294 e. The largest absolute Gasteiger partial charge is 0.366 e. The van der Waals surface area contributed by atoms with Crippen molar-refractivity contribution in [1.29, 1.82) is 0 Å². The van der Waals surface area contributed by atoms with Crippen LogP contribution in [0.25, 0.3) is 6.08 Å². The van der Waals surface area contributed by atoms with Crippen molar-refractivity contribution in [2.45, 2.75) is 59.4 Å². The number of carbonyl (C=O) groups is 3. The molecule has 0 aromatic heterocycles. The molecular formula is C28H32FN3O3S. The standard InChI is InChI=1S/C28H32FN3O3S/c1-7-32-23-13-21(29)19(11-20(23)18(4)14-28(32,5)6)12-24-26(34)31(27(35)36-24)15-25(33)30-22-9-8-16(2)10-17(22)3/h8-13,18H,7,14-15H2,1-6H3,(H,30,33)/b24-12+. The van der Waals surface area contributed by atoms with Crippen LogP contribution in [0.5, 0.6) is 0 Å². The number of hydrogen-bond acceptors (Lipinski definition) is 5. The summed E-state index contributed by atoms with van der Waals surface area (Å²) < 4.78 is 15.2. The summed E-state index contributed by atoms with van der Waals surface area (Å²) in [6.45, 7) is 12.7. The number of fused-ring (bicyclic) bond motifs is 1. The van der Waals surface area contributed by atoms with E-state index in [1.165, 1.54) is 12.1 Å². The van der Waals surface area contributed by atoms with Crippen LogP contribution in [0.15, 0.2) is 35.2 Å². The maximum absolute atomic E-state index is 15.2. The molecule has 4 rings (SSSR count). The molecule has 190 valence electrons. The molecule has 1 atom stereocenters. The first-order valence-corrected chi connectivity index (χ1v) is 13.0. The normalized spacial score (nSPS) is 20.2. The number of rotatable bonds is 5. The van der Waals surface area contributed by atoms with E-state index in [0.717, 1.165) is 52.0 Å². The van der Waals surface area contributed by atoms with Gasteiger partial charge in [-0.25, -0.2) is 4.39 Å². The van der Waals surface area contributed by atoms with Crippen LogP contribution in [-0.4, -0.2) is 40.6 Å². The summed E-state index contributed by atoms with van der Waals surface area (Å²) in [6, 6.07) is 8.92. The summed E-state index contributed by atoms with van der Waals surface area (Å²) in [6.07, 6.45) is 2.34. The van der Waals surface area contributed by atoms with Crippen LogP contribution < -0.4 is 10.2 Å². The summed E-state index contributed by atoms with van der Waals surface area (Å²) in [4.78, 5) is 41.3. The third-order valence-corrected chi connectivity index (χ3v) is 7.85. The van der Waals surface area contributed by atoms with E-state index >= 15 is 4.39 Å². The molecule has 2 aromatic rings. The highest BCUT2D eigenvalue weighted by molar-refractivity contribution is 8.18. The van der Waals surface area contributed by atoms with Crippen LogP contribution in [0, 0.1) is 19.7 Å². The van der Waals surface area contributed by atoms with E-state index in [1.807, 2.05) is 26.0 Å². The number of aryl methyl sites for hydroxylation is 2. The van der Waals surface area contributed by atoms with Crippen LogP contribution in [0.2, 0.25) is 0 Å². The van der Waals surface area contributed by atoms with Gasteiger partial charge < -0.3 is 10.2 Å². The molecule has 0 radical (unpaired) electrons. The van der Waals surface area contributed by atoms with E-state index in [4.69, 9.17) is 0 Å². The molecule has 2 aliphatic rings. The van der Waals surface area contributed by atoms with Gasteiger partial charge in [-0.1, -0.05) is 24.6 Å². The monoisotopic (exact) mass is 509 g/mol. The number of halogens is 1. The minimum absolute atomic E-state index is 0.0878. The Kier molecular flexibility index (Phi) is 7.01. The Labute approximate surface area is 215 Å². The Morgan fingerprint density at radius 1 is 1.22 bits per heavy atom. The first-order valence-electron chi connectivity index (χ1n) is 12.1. The number of thioether (sulfide) groups is 1. The Hall–Kier alpha value is -3.13. The lowest BCUT2D eigenvalue weighted by molar-refractivity contribution is -0.127. The predicted octanol–water partition coefficient (Wildman–Crippen LogP) is 6.23. The van der Waals surface area contributed by atoms with Crippen molar-refractivity contribution in [3.63, 3.8) is 0 Å². The van der Waals surface area contributed by atoms with E-state index < -0.39 is 29.4 Å². The fraction of sp³-hybridized carbons (Fsp3) is 0.393. The molecule has 0 bridgehead atoms. The van der Waals surface area contributed by atoms with Gasteiger partial charge in [-0.15, -0.1) is 0 Å². The highest BCUT2D eigenvalue weighted by Crippen LogP contribution is 2.44. The molecule has 1 unspecified atom stereocenters. The highest BCUT2D eigenvalue weighted by Gasteiger charge is 2.38. The molecule has 2 aliphatic heterocycles. The topological polar surface area (TPSA) is 69.7 Å². The summed E-state index contributed by atoms with van der Waals surface area (Å²) in [5.41, 5.74) is 4.65. The van der Waals surface area contributed by atoms with E-state index in [0.29, 0.717) is 5.69 Å². The molecule has 0 saturated carbocycles. The zero-order valence-corrected chi connectivity index (χ0v) is 22.4. The Bertz CT molecular complexity index is 1290. The van der Waals surface area contributed by atoms with Crippen molar-refractivity contribution < 1.29 is 18.8 Å². The van der Waals surface area contributed by atoms with Gasteiger partial charge in [0.05, 0.1) is 4.91 Å². The summed E-state index contributed by atoms with van der Waals surface area (Å²) >= 11 is 0.723. The molecule has 6 nitrogen and oxygen atoms in total. The van der Waals surface area contributed by atoms with Crippen molar-refractivity contribution in [3.8, 4) is 0 Å². The third-order valence-electron chi connectivity index (χ3n) is 6.94.